The fraction of sp³-hybridized carbons (Fsp3) is 0.600. The predicted molar refractivity (Wildman–Crippen MR) is 98.6 cm³/mol. The van der Waals surface area contributed by atoms with Crippen molar-refractivity contribution in [2.24, 2.45) is 0 Å². The van der Waals surface area contributed by atoms with E-state index in [-0.39, 0.29) is 17.9 Å². The highest BCUT2D eigenvalue weighted by Crippen LogP contribution is 2.28. The van der Waals surface area contributed by atoms with Gasteiger partial charge in [0.05, 0.1) is 7.11 Å². The molecule has 1 aromatic rings. The number of ether oxygens (including phenoxy) is 1. The van der Waals surface area contributed by atoms with E-state index in [0.717, 1.165) is 50.7 Å². The van der Waals surface area contributed by atoms with Crippen LogP contribution in [0, 0.1) is 0 Å². The molecule has 1 aliphatic rings. The minimum atomic E-state index is -0.724. The van der Waals surface area contributed by atoms with Crippen molar-refractivity contribution in [3.8, 4) is 5.75 Å². The minimum absolute atomic E-state index is 0.0374. The number of rotatable bonds is 7. The minimum Gasteiger partial charge on any atom is -0.497 e. The van der Waals surface area contributed by atoms with Crippen molar-refractivity contribution >= 4 is 11.8 Å². The number of aryl methyl sites for hydroxylation is 1. The number of hydrogen-bond donors (Lipinski definition) is 2. The van der Waals surface area contributed by atoms with Crippen LogP contribution in [0.25, 0.3) is 0 Å². The predicted octanol–water partition coefficient (Wildman–Crippen LogP) is 2.97. The van der Waals surface area contributed by atoms with E-state index in [1.54, 1.807) is 7.11 Å². The molecule has 1 aromatic carbocycles. The Morgan fingerprint density at radius 2 is 1.80 bits per heavy atom. The summed E-state index contributed by atoms with van der Waals surface area (Å²) in [6, 6.07) is 8.06. The summed E-state index contributed by atoms with van der Waals surface area (Å²) in [5, 5.41) is 6.03. The van der Waals surface area contributed by atoms with Crippen LogP contribution in [0.4, 0.5) is 0 Å². The Balaban J connectivity index is 1.89. The first-order valence-corrected chi connectivity index (χ1v) is 9.18. The molecule has 0 aliphatic heterocycles. The molecule has 0 bridgehead atoms. The van der Waals surface area contributed by atoms with E-state index >= 15 is 0 Å². The molecule has 5 nitrogen and oxygen atoms in total. The summed E-state index contributed by atoms with van der Waals surface area (Å²) >= 11 is 0. The van der Waals surface area contributed by atoms with Gasteiger partial charge in [-0.1, -0.05) is 31.4 Å². The largest absolute Gasteiger partial charge is 0.497 e. The maximum atomic E-state index is 12.8. The monoisotopic (exact) mass is 346 g/mol. The molecule has 2 rings (SSSR count). The first-order valence-electron chi connectivity index (χ1n) is 9.18. The maximum absolute atomic E-state index is 12.8. The van der Waals surface area contributed by atoms with Crippen molar-refractivity contribution in [1.82, 2.24) is 10.6 Å². The molecule has 0 saturated heterocycles. The molecule has 1 aliphatic carbocycles. The summed E-state index contributed by atoms with van der Waals surface area (Å²) in [7, 11) is 1.66. The van der Waals surface area contributed by atoms with Gasteiger partial charge in [0, 0.05) is 13.0 Å². The van der Waals surface area contributed by atoms with Crippen molar-refractivity contribution in [3.05, 3.63) is 29.8 Å². The summed E-state index contributed by atoms with van der Waals surface area (Å²) in [5.41, 5.74) is 0.495. The summed E-state index contributed by atoms with van der Waals surface area (Å²) in [5.74, 6) is 0.673. The van der Waals surface area contributed by atoms with E-state index in [9.17, 15) is 9.59 Å². The molecular formula is C20H30N2O3. The number of hydrogen-bond acceptors (Lipinski definition) is 3. The van der Waals surface area contributed by atoms with Gasteiger partial charge in [-0.15, -0.1) is 0 Å². The highest BCUT2D eigenvalue weighted by atomic mass is 16.5. The van der Waals surface area contributed by atoms with E-state index in [1.807, 2.05) is 31.2 Å². The van der Waals surface area contributed by atoms with E-state index < -0.39 is 5.54 Å². The zero-order valence-electron chi connectivity index (χ0n) is 15.6. The SMILES string of the molecule is COc1ccc(CC[C@H](C)NC(=O)C2(NC(C)=O)CCCCC2)cc1. The summed E-state index contributed by atoms with van der Waals surface area (Å²) < 4.78 is 5.17. The van der Waals surface area contributed by atoms with Crippen LogP contribution < -0.4 is 15.4 Å². The van der Waals surface area contributed by atoms with Crippen molar-refractivity contribution in [2.45, 2.75) is 70.4 Å². The van der Waals surface area contributed by atoms with Gasteiger partial charge in [0.1, 0.15) is 11.3 Å². The Hall–Kier alpha value is -2.04. The lowest BCUT2D eigenvalue weighted by Gasteiger charge is -2.37. The second-order valence-electron chi connectivity index (χ2n) is 7.09. The molecule has 138 valence electrons. The van der Waals surface area contributed by atoms with Crippen LogP contribution in [0.15, 0.2) is 24.3 Å². The lowest BCUT2D eigenvalue weighted by atomic mass is 9.80. The lowest BCUT2D eigenvalue weighted by molar-refractivity contribution is -0.134. The van der Waals surface area contributed by atoms with Crippen molar-refractivity contribution in [3.63, 3.8) is 0 Å². The van der Waals surface area contributed by atoms with Gasteiger partial charge in [-0.2, -0.15) is 0 Å². The quantitative estimate of drug-likeness (QED) is 0.797. The lowest BCUT2D eigenvalue weighted by Crippen LogP contribution is -2.60. The fourth-order valence-electron chi connectivity index (χ4n) is 3.51. The number of carbonyl (C=O) groups is 2. The van der Waals surface area contributed by atoms with E-state index in [0.29, 0.717) is 0 Å². The molecule has 0 aromatic heterocycles. The second kappa shape index (κ2) is 8.88. The molecule has 2 amide bonds. The normalized spacial score (nSPS) is 17.4. The Morgan fingerprint density at radius 3 is 2.36 bits per heavy atom. The van der Waals surface area contributed by atoms with E-state index in [1.165, 1.54) is 12.5 Å². The van der Waals surface area contributed by atoms with Crippen LogP contribution in [0.1, 0.15) is 57.9 Å². The zero-order valence-corrected chi connectivity index (χ0v) is 15.6. The van der Waals surface area contributed by atoms with E-state index in [4.69, 9.17) is 4.74 Å². The maximum Gasteiger partial charge on any atom is 0.245 e. The number of methoxy groups -OCH3 is 1. The molecule has 1 saturated carbocycles. The van der Waals surface area contributed by atoms with Crippen molar-refractivity contribution < 1.29 is 14.3 Å². The average molecular weight is 346 g/mol. The molecule has 0 spiro atoms. The van der Waals surface area contributed by atoms with Crippen LogP contribution in [0.5, 0.6) is 5.75 Å². The van der Waals surface area contributed by atoms with Crippen molar-refractivity contribution in [1.29, 1.82) is 0 Å². The molecule has 1 atom stereocenters. The third-order valence-electron chi connectivity index (χ3n) is 4.96. The fourth-order valence-corrected chi connectivity index (χ4v) is 3.51. The number of nitrogens with one attached hydrogen (secondary N) is 2. The molecule has 25 heavy (non-hydrogen) atoms. The Kier molecular flexibility index (Phi) is 6.85. The Morgan fingerprint density at radius 1 is 1.16 bits per heavy atom. The average Bonchev–Trinajstić information content (AvgIpc) is 2.60. The summed E-state index contributed by atoms with van der Waals surface area (Å²) in [6.45, 7) is 3.50. The molecule has 0 unspecified atom stereocenters. The van der Waals surface area contributed by atoms with Gasteiger partial charge < -0.3 is 15.4 Å². The standard InChI is InChI=1S/C20H30N2O3/c1-15(7-8-17-9-11-18(25-3)12-10-17)21-19(24)20(22-16(2)23)13-5-4-6-14-20/h9-12,15H,4-8,13-14H2,1-3H3,(H,21,24)(H,22,23)/t15-/m0/s1. The van der Waals surface area contributed by atoms with Gasteiger partial charge in [-0.25, -0.2) is 0 Å². The van der Waals surface area contributed by atoms with Gasteiger partial charge in [0.25, 0.3) is 0 Å². The Bertz CT molecular complexity index is 577. The van der Waals surface area contributed by atoms with Gasteiger partial charge in [0.2, 0.25) is 11.8 Å². The number of amides is 2. The second-order valence-corrected chi connectivity index (χ2v) is 7.09. The molecule has 1 fully saturated rings. The van der Waals surface area contributed by atoms with Gasteiger partial charge in [-0.05, 0) is 50.3 Å². The van der Waals surface area contributed by atoms with Crippen LogP contribution in [0.3, 0.4) is 0 Å². The van der Waals surface area contributed by atoms with Crippen LogP contribution in [0.2, 0.25) is 0 Å². The molecule has 0 radical (unpaired) electrons. The first kappa shape index (κ1) is 19.3. The van der Waals surface area contributed by atoms with Crippen LogP contribution >= 0.6 is 0 Å². The highest BCUT2D eigenvalue weighted by molar-refractivity contribution is 5.91. The first-order chi connectivity index (χ1) is 11.9. The molecule has 0 heterocycles. The summed E-state index contributed by atoms with van der Waals surface area (Å²) in [4.78, 5) is 24.4. The summed E-state index contributed by atoms with van der Waals surface area (Å²) in [6.07, 6.45) is 6.28. The molecule has 5 heteroatoms. The van der Waals surface area contributed by atoms with Gasteiger partial charge in [0.15, 0.2) is 0 Å². The highest BCUT2D eigenvalue weighted by Gasteiger charge is 2.40. The van der Waals surface area contributed by atoms with Gasteiger partial charge >= 0.3 is 0 Å². The number of benzene rings is 1. The number of carbonyl (C=O) groups excluding carboxylic acids is 2. The topological polar surface area (TPSA) is 67.4 Å². The van der Waals surface area contributed by atoms with Gasteiger partial charge in [-0.3, -0.25) is 9.59 Å². The van der Waals surface area contributed by atoms with Crippen LogP contribution in [-0.2, 0) is 16.0 Å². The van der Waals surface area contributed by atoms with Crippen molar-refractivity contribution in [2.75, 3.05) is 7.11 Å². The molecule has 2 N–H and O–H groups in total. The third-order valence-corrected chi connectivity index (χ3v) is 4.96. The third kappa shape index (κ3) is 5.48. The smallest absolute Gasteiger partial charge is 0.245 e. The zero-order chi connectivity index (χ0) is 18.3. The van der Waals surface area contributed by atoms with Crippen LogP contribution in [-0.4, -0.2) is 30.5 Å². The molecular weight excluding hydrogens is 316 g/mol. The van der Waals surface area contributed by atoms with E-state index in [2.05, 4.69) is 10.6 Å². The Labute approximate surface area is 150 Å².